The summed E-state index contributed by atoms with van der Waals surface area (Å²) in [5.41, 5.74) is -1.08. The van der Waals surface area contributed by atoms with Gasteiger partial charge in [0.25, 0.3) is 34.9 Å². The van der Waals surface area contributed by atoms with E-state index < -0.39 is 60.3 Å². The molecule has 5 aromatic carbocycles. The molecule has 5 rings (SSSR count). The molecule has 0 heterocycles. The van der Waals surface area contributed by atoms with Crippen LogP contribution in [0.5, 0.6) is 28.7 Å². The third-order valence-corrected chi connectivity index (χ3v) is 16.6. The summed E-state index contributed by atoms with van der Waals surface area (Å²) in [5.74, 6) is -1.99. The molecular weight excluding hydrogens is 1700 g/mol. The summed E-state index contributed by atoms with van der Waals surface area (Å²) in [6.07, 6.45) is 14.2. The van der Waals surface area contributed by atoms with Gasteiger partial charge in [-0.05, 0) is 155 Å². The number of carbonyl (C=O) groups excluding carboxylic acids is 8. The molecule has 0 fully saturated rings. The van der Waals surface area contributed by atoms with Crippen molar-refractivity contribution in [2.45, 2.75) is 224 Å². The first-order chi connectivity index (χ1) is 56.5. The number of amides is 1. The van der Waals surface area contributed by atoms with Gasteiger partial charge in [-0.3, -0.25) is 93.7 Å². The number of aliphatic carboxylic acids is 1. The zero-order valence-electron chi connectivity index (χ0n) is 67.6. The second-order valence-electron chi connectivity index (χ2n) is 25.0. The number of aldehydes is 3. The minimum absolute atomic E-state index is 0. The number of carboxylic acids is 1. The van der Waals surface area contributed by atoms with Crippen molar-refractivity contribution in [3.8, 4) is 34.8 Å². The number of aromatic hydroxyl groups is 1. The van der Waals surface area contributed by atoms with E-state index in [-0.39, 0.29) is 116 Å². The summed E-state index contributed by atoms with van der Waals surface area (Å²) in [7, 11) is 1.27. The lowest BCUT2D eigenvalue weighted by atomic mass is 9.97. The predicted octanol–water partition coefficient (Wildman–Crippen LogP) is 19.3. The number of nitrogens with zero attached hydrogens (tertiary/aromatic N) is 7. The van der Waals surface area contributed by atoms with E-state index in [0.717, 1.165) is 76.0 Å². The first kappa shape index (κ1) is 117. The van der Waals surface area contributed by atoms with Gasteiger partial charge in [-0.15, -0.1) is 0 Å². The Kier molecular flexibility index (Phi) is 71.9. The smallest absolute Gasteiger partial charge is 0.306 e. The summed E-state index contributed by atoms with van der Waals surface area (Å²) in [6, 6.07) is 22.1. The van der Waals surface area contributed by atoms with Gasteiger partial charge in [0.05, 0.1) is 99.0 Å². The molecule has 5 aromatic rings. The van der Waals surface area contributed by atoms with Gasteiger partial charge in [0, 0.05) is 81.0 Å². The van der Waals surface area contributed by atoms with Crippen molar-refractivity contribution < 1.29 is 111 Å². The van der Waals surface area contributed by atoms with Crippen molar-refractivity contribution in [1.82, 2.24) is 5.32 Å². The zero-order chi connectivity index (χ0) is 89.0. The number of carboxylic acid groups (broad SMARTS) is 1. The summed E-state index contributed by atoms with van der Waals surface area (Å²) in [6.45, 7) is 21.6. The molecule has 0 radical (unpaired) electrons. The fourth-order valence-electron chi connectivity index (χ4n) is 9.57. The van der Waals surface area contributed by atoms with Gasteiger partial charge in [-0.1, -0.05) is 105 Å². The molecule has 2 unspecified atom stereocenters. The Morgan fingerprint density at radius 3 is 1.31 bits per heavy atom. The Labute approximate surface area is 720 Å². The van der Waals surface area contributed by atoms with E-state index in [1.165, 1.54) is 90.8 Å². The number of nitro benzene ring substituents is 5. The number of ether oxygens (including phenoxy) is 7. The Balaban J connectivity index is -0.000000522. The molecule has 0 aliphatic carbocycles. The van der Waals surface area contributed by atoms with E-state index in [2.05, 4.69) is 55.2 Å². The molecule has 3 N–H and O–H groups in total. The van der Waals surface area contributed by atoms with Gasteiger partial charge >= 0.3 is 17.9 Å². The molecule has 121 heavy (non-hydrogen) atoms. The molecular formula is C84H119IN8O28. The molecule has 36 nitrogen and oxygen atoms in total. The Hall–Kier alpha value is -12.2. The third-order valence-electron chi connectivity index (χ3n) is 15.6. The van der Waals surface area contributed by atoms with Crippen LogP contribution >= 0.6 is 22.6 Å². The molecule has 0 spiro atoms. The number of carbonyl (C=O) groups is 9. The van der Waals surface area contributed by atoms with Gasteiger partial charge < -0.3 is 53.5 Å². The zero-order valence-corrected chi connectivity index (χ0v) is 69.7. The number of hydrogen-bond donors (Lipinski definition) is 3. The SMILES string of the molecule is C.C.C.CCCI.CCCOc1ccc([N+](=O)[O-])c(C(C)C(=O)NCCCCCCCC(=O)C(OC(=O)CCCCC(=O)OC)c2cc(OCCC)ccc2[N+](=O)[O-])c1.CCCOc1ccc([N+](=O)[O-])c(C=O)c1.CCCOc1ccc([N+](=O)[O-])c(C=O)c1.O=COCCCCC(=O)O.O=Cc1cc(O)ccc1[N+](=O)[O-].[C-]#[N+]CCCCCCC#N. The van der Waals surface area contributed by atoms with Gasteiger partial charge in [0.1, 0.15) is 28.7 Å². The van der Waals surface area contributed by atoms with E-state index in [1.54, 1.807) is 6.92 Å². The highest BCUT2D eigenvalue weighted by atomic mass is 127. The van der Waals surface area contributed by atoms with E-state index >= 15 is 0 Å². The van der Waals surface area contributed by atoms with Gasteiger partial charge in [0.15, 0.2) is 30.7 Å². The highest BCUT2D eigenvalue weighted by Crippen LogP contribution is 2.35. The van der Waals surface area contributed by atoms with Crippen molar-refractivity contribution in [1.29, 1.82) is 5.26 Å². The van der Waals surface area contributed by atoms with Crippen LogP contribution in [0, 0.1) is 68.5 Å². The number of Topliss-reactive ketones (excluding diaryl/α,β-unsaturated/α-hetero) is 1. The number of nitrogens with one attached hydrogen (secondary N) is 1. The fraction of sp³-hybridized carbons (Fsp3) is 0.512. The monoisotopic (exact) mass is 1810 g/mol. The molecule has 0 aliphatic heterocycles. The lowest BCUT2D eigenvalue weighted by Gasteiger charge is -2.18. The molecule has 0 saturated heterocycles. The molecule has 670 valence electrons. The van der Waals surface area contributed by atoms with Gasteiger partial charge in [-0.25, -0.2) is 6.57 Å². The first-order valence-electron chi connectivity index (χ1n) is 38.1. The van der Waals surface area contributed by atoms with Crippen LogP contribution < -0.4 is 24.3 Å². The number of alkyl halides is 1. The number of halogens is 1. The standard InChI is InChI=1S/C37H51N3O12.2C10H11NO4.C8H12N2.C7H5NO4.C6H10O4.C3H7I.3CH4/c1-5-22-50-27-17-19-31(39(45)46)29(24-27)26(3)37(44)38-21-13-9-7-8-10-14-33(41)36(52-35(43)16-12-11-15-34(42)49-4)30-25-28(51-23-6-2)18-20-32(30)40(47)48;2*1-2-5-15-9-3-4-10(11(13)14)8(6-9)7-12;1-10-8-6-4-2-3-5-7-9;9-4-5-3-6(10)1-2-7(5)8(11)12;7-5-10-4-2-1-3-6(8)9;1-2-3-4;;;/h17-20,24-26,36H,5-16,21-23H2,1-4H3,(H,38,44);2*3-4,6-7H,2,5H2,1H3;2-6,8H2;1-4,10H;5H,1-4H2,(H,8,9);2-3H2,1H3;3*1H4. The summed E-state index contributed by atoms with van der Waals surface area (Å²) in [4.78, 5) is 156. The second-order valence-corrected chi connectivity index (χ2v) is 26.1. The quantitative estimate of drug-likeness (QED) is 0.00374. The minimum Gasteiger partial charge on any atom is -0.508 e. The van der Waals surface area contributed by atoms with Gasteiger partial charge in [-0.2, -0.15) is 5.26 Å². The van der Waals surface area contributed by atoms with Gasteiger partial charge in [0.2, 0.25) is 12.5 Å². The number of unbranched alkanes of at least 4 members (excludes halogenated alkanes) is 10. The number of methoxy groups -OCH3 is 1. The summed E-state index contributed by atoms with van der Waals surface area (Å²) < 4.78 is 37.5. The van der Waals surface area contributed by atoms with Crippen LogP contribution in [0.4, 0.5) is 28.4 Å². The number of nitro groups is 5. The molecule has 0 aromatic heterocycles. The van der Waals surface area contributed by atoms with E-state index in [0.29, 0.717) is 152 Å². The van der Waals surface area contributed by atoms with Crippen LogP contribution in [-0.4, -0.2) is 147 Å². The number of hydrogen-bond acceptors (Lipinski definition) is 28. The number of phenolic OH excluding ortho intramolecular Hbond substituents is 1. The normalized spacial score (nSPS) is 10.1. The lowest BCUT2D eigenvalue weighted by Crippen LogP contribution is -2.29. The number of phenols is 1. The summed E-state index contributed by atoms with van der Waals surface area (Å²) >= 11 is 2.35. The van der Waals surface area contributed by atoms with Crippen molar-refractivity contribution in [3.05, 3.63) is 181 Å². The van der Waals surface area contributed by atoms with Crippen molar-refractivity contribution in [3.63, 3.8) is 0 Å². The highest BCUT2D eigenvalue weighted by Gasteiger charge is 2.32. The van der Waals surface area contributed by atoms with E-state index in [9.17, 15) is 93.7 Å². The van der Waals surface area contributed by atoms with Crippen LogP contribution in [0.15, 0.2) is 91.0 Å². The minimum atomic E-state index is -1.51. The first-order valence-corrected chi connectivity index (χ1v) is 39.7. The maximum Gasteiger partial charge on any atom is 0.306 e. The topological polar surface area (TPSA) is 515 Å². The third kappa shape index (κ3) is 53.8. The molecule has 37 heteroatoms. The Morgan fingerprint density at radius 1 is 0.512 bits per heavy atom. The highest BCUT2D eigenvalue weighted by molar-refractivity contribution is 14.1. The second kappa shape index (κ2) is 74.2. The number of rotatable bonds is 50. The van der Waals surface area contributed by atoms with Crippen molar-refractivity contribution in [2.75, 3.05) is 57.7 Å². The largest absolute Gasteiger partial charge is 0.508 e. The maximum atomic E-state index is 13.5. The van der Waals surface area contributed by atoms with Crippen molar-refractivity contribution >= 4 is 106 Å². The Bertz CT molecular complexity index is 3930. The average Bonchev–Trinajstić information content (AvgIpc) is 0.854. The lowest BCUT2D eigenvalue weighted by molar-refractivity contribution is -0.386. The number of benzene rings is 5. The fourth-order valence-corrected chi connectivity index (χ4v) is 9.57. The van der Waals surface area contributed by atoms with Crippen LogP contribution in [0.25, 0.3) is 4.85 Å². The molecule has 0 saturated carbocycles. The molecule has 0 aliphatic rings. The molecule has 1 amide bonds. The van der Waals surface area contributed by atoms with Crippen LogP contribution in [0.3, 0.4) is 0 Å². The summed E-state index contributed by atoms with van der Waals surface area (Å²) in [5, 5.41) is 82.8. The number of nitriles is 1. The van der Waals surface area contributed by atoms with E-state index in [1.807, 2.05) is 27.7 Å². The maximum absolute atomic E-state index is 13.5. The molecule has 2 atom stereocenters. The van der Waals surface area contributed by atoms with Crippen LogP contribution in [0.1, 0.15) is 266 Å². The molecule has 0 bridgehead atoms. The van der Waals surface area contributed by atoms with E-state index in [4.69, 9.17) is 45.7 Å². The number of ketones is 1. The van der Waals surface area contributed by atoms with Crippen LogP contribution in [-0.2, 0) is 43.0 Å². The Morgan fingerprint density at radius 2 is 0.893 bits per heavy atom. The number of esters is 2. The van der Waals surface area contributed by atoms with Crippen molar-refractivity contribution in [2.24, 2.45) is 0 Å². The predicted molar refractivity (Wildman–Crippen MR) is 463 cm³/mol. The van der Waals surface area contributed by atoms with Crippen LogP contribution in [0.2, 0.25) is 0 Å². The average molecular weight is 1820 g/mol.